The molecule has 5 nitrogen and oxygen atoms in total. The second-order valence-electron chi connectivity index (χ2n) is 5.64. The van der Waals surface area contributed by atoms with E-state index in [0.717, 1.165) is 15.6 Å². The van der Waals surface area contributed by atoms with E-state index in [-0.39, 0.29) is 17.4 Å². The number of fused-ring (bicyclic) bond motifs is 1. The van der Waals surface area contributed by atoms with E-state index in [1.807, 2.05) is 24.3 Å². The van der Waals surface area contributed by atoms with E-state index in [9.17, 15) is 9.59 Å². The number of carboxylic acid groups (broad SMARTS) is 1. The zero-order valence-corrected chi connectivity index (χ0v) is 14.1. The lowest BCUT2D eigenvalue weighted by Gasteiger charge is -2.30. The van der Waals surface area contributed by atoms with Crippen LogP contribution in [-0.2, 0) is 17.6 Å². The largest absolute Gasteiger partial charge is 0.478 e. The summed E-state index contributed by atoms with van der Waals surface area (Å²) >= 11 is 3.43. The minimum atomic E-state index is -1.01. The van der Waals surface area contributed by atoms with Gasteiger partial charge in [0.05, 0.1) is 5.56 Å². The van der Waals surface area contributed by atoms with Crippen molar-refractivity contribution in [1.82, 2.24) is 4.98 Å². The Morgan fingerprint density at radius 1 is 1.43 bits per heavy atom. The maximum absolute atomic E-state index is 12.6. The number of nitrogens with zero attached hydrogens (tertiary/aromatic N) is 2. The normalized spacial score (nSPS) is 17.0. The van der Waals surface area contributed by atoms with Gasteiger partial charge in [0.25, 0.3) is 0 Å². The number of aromatic carboxylic acids is 1. The van der Waals surface area contributed by atoms with Gasteiger partial charge in [-0.1, -0.05) is 28.1 Å². The fourth-order valence-corrected chi connectivity index (χ4v) is 3.36. The fourth-order valence-electron chi connectivity index (χ4n) is 2.91. The summed E-state index contributed by atoms with van der Waals surface area (Å²) in [5, 5.41) is 9.11. The second kappa shape index (κ2) is 6.12. The van der Waals surface area contributed by atoms with E-state index in [0.29, 0.717) is 18.7 Å². The van der Waals surface area contributed by atoms with Gasteiger partial charge in [0.1, 0.15) is 5.82 Å². The highest BCUT2D eigenvalue weighted by Crippen LogP contribution is 2.30. The van der Waals surface area contributed by atoms with Crippen LogP contribution < -0.4 is 4.90 Å². The average Bonchev–Trinajstić information content (AvgIpc) is 2.52. The number of pyridine rings is 1. The Balaban J connectivity index is 1.91. The monoisotopic (exact) mass is 374 g/mol. The molecule has 2 heterocycles. The summed E-state index contributed by atoms with van der Waals surface area (Å²) in [6, 6.07) is 9.47. The molecule has 0 aliphatic carbocycles. The molecule has 1 aliphatic rings. The number of hydrogen-bond donors (Lipinski definition) is 1. The Hall–Kier alpha value is -2.21. The maximum Gasteiger partial charge on any atom is 0.337 e. The van der Waals surface area contributed by atoms with E-state index >= 15 is 0 Å². The summed E-state index contributed by atoms with van der Waals surface area (Å²) in [6.07, 6.45) is 2.40. The van der Waals surface area contributed by atoms with Gasteiger partial charge in [0.15, 0.2) is 0 Å². The third-order valence-electron chi connectivity index (χ3n) is 4.02. The summed E-state index contributed by atoms with van der Waals surface area (Å²) in [7, 11) is 1.68. The number of carboxylic acids is 1. The molecule has 0 spiro atoms. The lowest BCUT2D eigenvalue weighted by molar-refractivity contribution is -0.122. The third-order valence-corrected chi connectivity index (χ3v) is 4.52. The summed E-state index contributed by atoms with van der Waals surface area (Å²) < 4.78 is 0.974. The first-order valence-electron chi connectivity index (χ1n) is 7.20. The van der Waals surface area contributed by atoms with Crippen LogP contribution in [0.1, 0.15) is 21.5 Å². The van der Waals surface area contributed by atoms with E-state index in [4.69, 9.17) is 5.11 Å². The van der Waals surface area contributed by atoms with Crippen molar-refractivity contribution in [1.29, 1.82) is 0 Å². The van der Waals surface area contributed by atoms with Crippen LogP contribution in [0.5, 0.6) is 0 Å². The van der Waals surface area contributed by atoms with Crippen molar-refractivity contribution < 1.29 is 14.7 Å². The maximum atomic E-state index is 12.6. The minimum absolute atomic E-state index is 0.00745. The highest BCUT2D eigenvalue weighted by molar-refractivity contribution is 9.10. The minimum Gasteiger partial charge on any atom is -0.478 e. The van der Waals surface area contributed by atoms with E-state index in [1.165, 1.54) is 11.1 Å². The van der Waals surface area contributed by atoms with Gasteiger partial charge in [0.2, 0.25) is 5.91 Å². The first-order chi connectivity index (χ1) is 11.0. The Labute approximate surface area is 142 Å². The predicted molar refractivity (Wildman–Crippen MR) is 89.6 cm³/mol. The van der Waals surface area contributed by atoms with Crippen LogP contribution >= 0.6 is 15.9 Å². The number of anilines is 1. The molecule has 1 aliphatic heterocycles. The van der Waals surface area contributed by atoms with Gasteiger partial charge in [-0.3, -0.25) is 9.69 Å². The molecule has 118 valence electrons. The molecular formula is C17H15BrN2O3. The predicted octanol–water partition coefficient (Wildman–Crippen LogP) is 2.92. The smallest absolute Gasteiger partial charge is 0.337 e. The van der Waals surface area contributed by atoms with Crippen molar-refractivity contribution in [3.63, 3.8) is 0 Å². The van der Waals surface area contributed by atoms with Crippen LogP contribution in [0.2, 0.25) is 0 Å². The van der Waals surface area contributed by atoms with E-state index < -0.39 is 5.97 Å². The van der Waals surface area contributed by atoms with Crippen LogP contribution in [0, 0.1) is 5.92 Å². The van der Waals surface area contributed by atoms with Crippen LogP contribution in [-0.4, -0.2) is 29.0 Å². The molecule has 0 bridgehead atoms. The van der Waals surface area contributed by atoms with Gasteiger partial charge < -0.3 is 5.11 Å². The molecule has 1 N–H and O–H groups in total. The summed E-state index contributed by atoms with van der Waals surface area (Å²) in [6.45, 7) is 0. The van der Waals surface area contributed by atoms with Gasteiger partial charge in [0, 0.05) is 23.6 Å². The second-order valence-corrected chi connectivity index (χ2v) is 6.56. The molecule has 1 aromatic heterocycles. The zero-order valence-electron chi connectivity index (χ0n) is 12.5. The number of carbonyl (C=O) groups is 2. The van der Waals surface area contributed by atoms with Crippen molar-refractivity contribution >= 4 is 33.6 Å². The Morgan fingerprint density at radius 2 is 2.22 bits per heavy atom. The number of aromatic nitrogens is 1. The molecule has 3 rings (SSSR count). The molecule has 23 heavy (non-hydrogen) atoms. The zero-order chi connectivity index (χ0) is 16.6. The van der Waals surface area contributed by atoms with Gasteiger partial charge in [-0.2, -0.15) is 0 Å². The molecule has 0 saturated carbocycles. The van der Waals surface area contributed by atoms with Gasteiger partial charge in [-0.05, 0) is 42.2 Å². The van der Waals surface area contributed by atoms with E-state index in [1.54, 1.807) is 13.1 Å². The van der Waals surface area contributed by atoms with Gasteiger partial charge in [-0.15, -0.1) is 0 Å². The molecule has 1 atom stereocenters. The third kappa shape index (κ3) is 3.12. The average molecular weight is 375 g/mol. The Morgan fingerprint density at radius 3 is 2.91 bits per heavy atom. The number of amides is 1. The first-order valence-corrected chi connectivity index (χ1v) is 7.99. The van der Waals surface area contributed by atoms with Crippen LogP contribution in [0.3, 0.4) is 0 Å². The molecule has 1 unspecified atom stereocenters. The van der Waals surface area contributed by atoms with Crippen LogP contribution in [0.25, 0.3) is 0 Å². The number of rotatable bonds is 3. The number of halogens is 1. The summed E-state index contributed by atoms with van der Waals surface area (Å²) in [5.41, 5.74) is 2.01. The molecule has 1 amide bonds. The van der Waals surface area contributed by atoms with E-state index in [2.05, 4.69) is 20.9 Å². The van der Waals surface area contributed by atoms with Crippen molar-refractivity contribution in [3.8, 4) is 0 Å². The van der Waals surface area contributed by atoms with Crippen LogP contribution in [0.4, 0.5) is 5.82 Å². The van der Waals surface area contributed by atoms with Crippen molar-refractivity contribution in [2.24, 2.45) is 5.92 Å². The molecule has 0 fully saturated rings. The molecule has 0 saturated heterocycles. The molecule has 6 heteroatoms. The SMILES string of the molecule is CN1C(=O)C(Cc2cccc(Br)c2)Cc2cc(C(=O)O)cnc21. The molecule has 1 aromatic carbocycles. The Bertz CT molecular complexity index is 791. The summed E-state index contributed by atoms with van der Waals surface area (Å²) in [4.78, 5) is 29.3. The highest BCUT2D eigenvalue weighted by Gasteiger charge is 2.32. The number of benzene rings is 1. The fraction of sp³-hybridized carbons (Fsp3) is 0.235. The standard InChI is InChI=1S/C17H15BrN2O3/c1-20-15-11(8-13(9-19-15)17(22)23)7-12(16(20)21)5-10-3-2-4-14(18)6-10/h2-4,6,8-9,12H,5,7H2,1H3,(H,22,23). The molecule has 2 aromatic rings. The topological polar surface area (TPSA) is 70.5 Å². The van der Waals surface area contributed by atoms with Gasteiger partial charge >= 0.3 is 5.97 Å². The van der Waals surface area contributed by atoms with Crippen molar-refractivity contribution in [3.05, 3.63) is 57.7 Å². The summed E-state index contributed by atoms with van der Waals surface area (Å²) in [5.74, 6) is -0.672. The quantitative estimate of drug-likeness (QED) is 0.896. The molecular weight excluding hydrogens is 360 g/mol. The van der Waals surface area contributed by atoms with Crippen molar-refractivity contribution in [2.75, 3.05) is 11.9 Å². The lowest BCUT2D eigenvalue weighted by Crippen LogP contribution is -2.40. The number of hydrogen-bond acceptors (Lipinski definition) is 3. The number of carbonyl (C=O) groups excluding carboxylic acids is 1. The van der Waals surface area contributed by atoms with Crippen molar-refractivity contribution in [2.45, 2.75) is 12.8 Å². The molecule has 0 radical (unpaired) electrons. The van der Waals surface area contributed by atoms with Gasteiger partial charge in [-0.25, -0.2) is 9.78 Å². The highest BCUT2D eigenvalue weighted by atomic mass is 79.9. The lowest BCUT2D eigenvalue weighted by atomic mass is 9.88. The first kappa shape index (κ1) is 15.7. The Kier molecular flexibility index (Phi) is 4.17. The van der Waals surface area contributed by atoms with Crippen LogP contribution in [0.15, 0.2) is 41.0 Å².